The summed E-state index contributed by atoms with van der Waals surface area (Å²) in [6.45, 7) is 10.3. The van der Waals surface area contributed by atoms with Crippen LogP contribution < -0.4 is 0 Å². The molecular formula is C10H21F. The molecule has 0 spiro atoms. The van der Waals surface area contributed by atoms with E-state index in [1.54, 1.807) is 6.92 Å². The summed E-state index contributed by atoms with van der Waals surface area (Å²) in [5.41, 5.74) is 0. The Morgan fingerprint density at radius 1 is 0.909 bits per heavy atom. The standard InChI is InChI=1S/C10H21F/c1-7(2)10(8(3)4)6-9(5)11/h7-10H,6H2,1-5H3. The molecule has 0 heterocycles. The van der Waals surface area contributed by atoms with Gasteiger partial charge in [0.1, 0.15) is 0 Å². The van der Waals surface area contributed by atoms with Crippen molar-refractivity contribution < 1.29 is 4.39 Å². The third-order valence-corrected chi connectivity index (χ3v) is 2.31. The molecule has 0 saturated carbocycles. The zero-order valence-corrected chi connectivity index (χ0v) is 8.39. The summed E-state index contributed by atoms with van der Waals surface area (Å²) in [4.78, 5) is 0. The molecule has 68 valence electrons. The first-order valence-electron chi connectivity index (χ1n) is 4.59. The average Bonchev–Trinajstić information content (AvgIpc) is 1.81. The lowest BCUT2D eigenvalue weighted by Crippen LogP contribution is -2.18. The molecule has 0 aliphatic carbocycles. The van der Waals surface area contributed by atoms with Crippen LogP contribution in [-0.4, -0.2) is 6.17 Å². The maximum absolute atomic E-state index is 12.7. The second-order valence-corrected chi connectivity index (χ2v) is 4.17. The van der Waals surface area contributed by atoms with Gasteiger partial charge >= 0.3 is 0 Å². The highest BCUT2D eigenvalue weighted by Crippen LogP contribution is 2.26. The van der Waals surface area contributed by atoms with E-state index in [-0.39, 0.29) is 0 Å². The van der Waals surface area contributed by atoms with Gasteiger partial charge in [-0.25, -0.2) is 4.39 Å². The van der Waals surface area contributed by atoms with E-state index in [1.807, 2.05) is 0 Å². The summed E-state index contributed by atoms with van der Waals surface area (Å²) >= 11 is 0. The number of alkyl halides is 1. The van der Waals surface area contributed by atoms with Crippen molar-refractivity contribution in [3.05, 3.63) is 0 Å². The van der Waals surface area contributed by atoms with Crippen LogP contribution in [0.3, 0.4) is 0 Å². The van der Waals surface area contributed by atoms with E-state index in [2.05, 4.69) is 27.7 Å². The van der Waals surface area contributed by atoms with Gasteiger partial charge in [0.05, 0.1) is 6.17 Å². The van der Waals surface area contributed by atoms with Crippen LogP contribution in [0.4, 0.5) is 4.39 Å². The summed E-state index contributed by atoms with van der Waals surface area (Å²) in [6.07, 6.45) is 0.0693. The minimum atomic E-state index is -0.648. The smallest absolute Gasteiger partial charge is 0.0976 e. The molecule has 0 saturated heterocycles. The van der Waals surface area contributed by atoms with E-state index in [0.29, 0.717) is 17.8 Å². The van der Waals surface area contributed by atoms with Gasteiger partial charge < -0.3 is 0 Å². The summed E-state index contributed by atoms with van der Waals surface area (Å²) in [5.74, 6) is 1.75. The first kappa shape index (κ1) is 10.9. The van der Waals surface area contributed by atoms with Crippen LogP contribution in [0.2, 0.25) is 0 Å². The summed E-state index contributed by atoms with van der Waals surface area (Å²) in [6, 6.07) is 0. The van der Waals surface area contributed by atoms with Crippen molar-refractivity contribution in [3.8, 4) is 0 Å². The van der Waals surface area contributed by atoms with Crippen molar-refractivity contribution in [2.24, 2.45) is 17.8 Å². The van der Waals surface area contributed by atoms with Crippen molar-refractivity contribution in [3.63, 3.8) is 0 Å². The predicted octanol–water partition coefficient (Wildman–Crippen LogP) is 3.66. The molecule has 11 heavy (non-hydrogen) atoms. The maximum atomic E-state index is 12.7. The van der Waals surface area contributed by atoms with Crippen LogP contribution in [0.25, 0.3) is 0 Å². The molecule has 0 bridgehead atoms. The normalized spacial score (nSPS) is 15.0. The van der Waals surface area contributed by atoms with E-state index >= 15 is 0 Å². The fraction of sp³-hybridized carbons (Fsp3) is 1.00. The van der Waals surface area contributed by atoms with Gasteiger partial charge in [-0.1, -0.05) is 27.7 Å². The molecule has 0 nitrogen and oxygen atoms in total. The molecule has 0 rings (SSSR count). The second-order valence-electron chi connectivity index (χ2n) is 4.17. The number of rotatable bonds is 4. The highest BCUT2D eigenvalue weighted by molar-refractivity contribution is 4.69. The average molecular weight is 160 g/mol. The maximum Gasteiger partial charge on any atom is 0.0976 e. The summed E-state index contributed by atoms with van der Waals surface area (Å²) in [7, 11) is 0. The van der Waals surface area contributed by atoms with Gasteiger partial charge in [0.2, 0.25) is 0 Å². The molecule has 0 aliphatic rings. The molecule has 0 aromatic heterocycles. The van der Waals surface area contributed by atoms with E-state index in [4.69, 9.17) is 0 Å². The van der Waals surface area contributed by atoms with Crippen molar-refractivity contribution in [2.75, 3.05) is 0 Å². The first-order valence-corrected chi connectivity index (χ1v) is 4.59. The Labute approximate surface area is 70.2 Å². The van der Waals surface area contributed by atoms with E-state index in [9.17, 15) is 4.39 Å². The van der Waals surface area contributed by atoms with Crippen LogP contribution in [0, 0.1) is 17.8 Å². The third-order valence-electron chi connectivity index (χ3n) is 2.31. The molecule has 1 heteroatoms. The van der Waals surface area contributed by atoms with Crippen molar-refractivity contribution in [2.45, 2.75) is 47.2 Å². The van der Waals surface area contributed by atoms with Gasteiger partial charge in [0, 0.05) is 0 Å². The molecule has 1 atom stereocenters. The fourth-order valence-corrected chi connectivity index (χ4v) is 1.69. The number of hydrogen-bond donors (Lipinski definition) is 0. The molecular weight excluding hydrogens is 139 g/mol. The molecule has 0 amide bonds. The van der Waals surface area contributed by atoms with Crippen molar-refractivity contribution >= 4 is 0 Å². The van der Waals surface area contributed by atoms with E-state index < -0.39 is 6.17 Å². The molecule has 0 aromatic carbocycles. The minimum Gasteiger partial charge on any atom is -0.248 e. The molecule has 1 unspecified atom stereocenters. The molecule has 0 fully saturated rings. The quantitative estimate of drug-likeness (QED) is 0.588. The van der Waals surface area contributed by atoms with Gasteiger partial charge in [0.15, 0.2) is 0 Å². The minimum absolute atomic E-state index is 0.537. The second kappa shape index (κ2) is 4.74. The molecule has 0 aromatic rings. The van der Waals surface area contributed by atoms with Gasteiger partial charge in [-0.3, -0.25) is 0 Å². The van der Waals surface area contributed by atoms with Crippen molar-refractivity contribution in [1.29, 1.82) is 0 Å². The Balaban J connectivity index is 3.90. The van der Waals surface area contributed by atoms with Crippen LogP contribution in [0.1, 0.15) is 41.0 Å². The third kappa shape index (κ3) is 4.39. The topological polar surface area (TPSA) is 0 Å². The van der Waals surface area contributed by atoms with Crippen LogP contribution in [0.5, 0.6) is 0 Å². The Bertz CT molecular complexity index is 87.0. The van der Waals surface area contributed by atoms with Crippen LogP contribution in [0.15, 0.2) is 0 Å². The van der Waals surface area contributed by atoms with Crippen LogP contribution in [-0.2, 0) is 0 Å². The SMILES string of the molecule is CC(F)CC(C(C)C)C(C)C. The lowest BCUT2D eigenvalue weighted by Gasteiger charge is -2.25. The monoisotopic (exact) mass is 160 g/mol. The Morgan fingerprint density at radius 2 is 1.27 bits per heavy atom. The van der Waals surface area contributed by atoms with E-state index in [1.165, 1.54) is 0 Å². The van der Waals surface area contributed by atoms with Gasteiger partial charge in [-0.15, -0.1) is 0 Å². The predicted molar refractivity (Wildman–Crippen MR) is 48.4 cm³/mol. The fourth-order valence-electron chi connectivity index (χ4n) is 1.69. The van der Waals surface area contributed by atoms with Gasteiger partial charge in [0.25, 0.3) is 0 Å². The zero-order valence-electron chi connectivity index (χ0n) is 8.39. The molecule has 0 aliphatic heterocycles. The number of halogens is 1. The first-order chi connectivity index (χ1) is 4.95. The largest absolute Gasteiger partial charge is 0.248 e. The zero-order chi connectivity index (χ0) is 9.02. The Hall–Kier alpha value is -0.0700. The summed E-state index contributed by atoms with van der Waals surface area (Å²) in [5, 5.41) is 0. The lowest BCUT2D eigenvalue weighted by atomic mass is 9.82. The van der Waals surface area contributed by atoms with Crippen molar-refractivity contribution in [1.82, 2.24) is 0 Å². The molecule has 0 N–H and O–H groups in total. The highest BCUT2D eigenvalue weighted by atomic mass is 19.1. The van der Waals surface area contributed by atoms with Crippen LogP contribution >= 0.6 is 0 Å². The Kier molecular flexibility index (Phi) is 4.71. The molecule has 0 radical (unpaired) electrons. The van der Waals surface area contributed by atoms with Gasteiger partial charge in [-0.2, -0.15) is 0 Å². The van der Waals surface area contributed by atoms with Gasteiger partial charge in [-0.05, 0) is 31.1 Å². The Morgan fingerprint density at radius 3 is 1.36 bits per heavy atom. The highest BCUT2D eigenvalue weighted by Gasteiger charge is 2.19. The summed E-state index contributed by atoms with van der Waals surface area (Å²) < 4.78 is 12.7. The lowest BCUT2D eigenvalue weighted by molar-refractivity contribution is 0.200. The van der Waals surface area contributed by atoms with E-state index in [0.717, 1.165) is 6.42 Å². The number of hydrogen-bond acceptors (Lipinski definition) is 0.